The lowest BCUT2D eigenvalue weighted by Crippen LogP contribution is -2.33. The molecule has 0 unspecified atom stereocenters. The second-order valence-electron chi connectivity index (χ2n) is 6.73. The highest BCUT2D eigenvalue weighted by atomic mass is 16.5. The van der Waals surface area contributed by atoms with E-state index in [4.69, 9.17) is 4.74 Å². The number of nitrogens with one attached hydrogen (secondary N) is 1. The van der Waals surface area contributed by atoms with Crippen LogP contribution in [0.25, 0.3) is 10.9 Å². The third kappa shape index (κ3) is 3.74. The average Bonchev–Trinajstić information content (AvgIpc) is 3.04. The third-order valence-corrected chi connectivity index (χ3v) is 4.78. The summed E-state index contributed by atoms with van der Waals surface area (Å²) >= 11 is 0. The maximum absolute atomic E-state index is 12.6. The molecule has 1 amide bonds. The van der Waals surface area contributed by atoms with Crippen molar-refractivity contribution in [3.05, 3.63) is 41.9 Å². The molecule has 4 rings (SSSR count). The van der Waals surface area contributed by atoms with Gasteiger partial charge in [0.25, 0.3) is 0 Å². The van der Waals surface area contributed by atoms with Crippen LogP contribution in [0.15, 0.2) is 30.3 Å². The summed E-state index contributed by atoms with van der Waals surface area (Å²) in [6, 6.07) is 9.86. The standard InChI is InChI=1S/C19H22N6O2/c1-13-8-9-14-5-4-7-16(17(14)21-13)27-12-10-20-19(26)15-6-2-3-11-25-18(15)22-23-24-25/h4-5,7-9,15H,2-3,6,10-12H2,1H3,(H,20,26)/t15-/m0/s1. The largest absolute Gasteiger partial charge is 0.489 e. The summed E-state index contributed by atoms with van der Waals surface area (Å²) in [6.07, 6.45) is 2.72. The van der Waals surface area contributed by atoms with Crippen LogP contribution in [0, 0.1) is 6.92 Å². The molecule has 0 radical (unpaired) electrons. The SMILES string of the molecule is Cc1ccc2cccc(OCCNC(=O)[C@H]3CCCCn4nnnc43)c2n1. The Balaban J connectivity index is 1.36. The number of ether oxygens (including phenoxy) is 1. The minimum atomic E-state index is -0.302. The summed E-state index contributed by atoms with van der Waals surface area (Å²) < 4.78 is 7.60. The van der Waals surface area contributed by atoms with Crippen LogP contribution in [0.1, 0.15) is 36.7 Å². The zero-order valence-electron chi connectivity index (χ0n) is 15.3. The smallest absolute Gasteiger partial charge is 0.230 e. The van der Waals surface area contributed by atoms with E-state index in [2.05, 4.69) is 25.8 Å². The number of amides is 1. The van der Waals surface area contributed by atoms with E-state index in [0.717, 1.165) is 48.2 Å². The molecule has 1 aliphatic heterocycles. The quantitative estimate of drug-likeness (QED) is 0.694. The zero-order valence-corrected chi connectivity index (χ0v) is 15.3. The Kier molecular flexibility index (Phi) is 4.95. The number of nitrogens with zero attached hydrogens (tertiary/aromatic N) is 5. The highest BCUT2D eigenvalue weighted by Crippen LogP contribution is 2.25. The van der Waals surface area contributed by atoms with Crippen molar-refractivity contribution in [3.8, 4) is 5.75 Å². The van der Waals surface area contributed by atoms with Gasteiger partial charge in [0.1, 0.15) is 17.9 Å². The summed E-state index contributed by atoms with van der Waals surface area (Å²) in [4.78, 5) is 17.1. The molecule has 0 aliphatic carbocycles. The highest BCUT2D eigenvalue weighted by molar-refractivity contribution is 5.84. The number of hydrogen-bond donors (Lipinski definition) is 1. The number of benzene rings is 1. The molecule has 0 fully saturated rings. The molecule has 0 spiro atoms. The van der Waals surface area contributed by atoms with E-state index in [1.807, 2.05) is 37.3 Å². The maximum Gasteiger partial charge on any atom is 0.230 e. The van der Waals surface area contributed by atoms with E-state index in [1.54, 1.807) is 4.68 Å². The fourth-order valence-corrected chi connectivity index (χ4v) is 3.40. The molecule has 2 aromatic heterocycles. The molecular formula is C19H22N6O2. The van der Waals surface area contributed by atoms with Crippen molar-refractivity contribution in [2.24, 2.45) is 0 Å². The van der Waals surface area contributed by atoms with Crippen molar-refractivity contribution in [2.75, 3.05) is 13.2 Å². The van der Waals surface area contributed by atoms with Gasteiger partial charge in [-0.2, -0.15) is 0 Å². The monoisotopic (exact) mass is 366 g/mol. The van der Waals surface area contributed by atoms with Crippen molar-refractivity contribution in [2.45, 2.75) is 38.6 Å². The van der Waals surface area contributed by atoms with Gasteiger partial charge in [-0.25, -0.2) is 9.67 Å². The number of carbonyl (C=O) groups is 1. The number of hydrogen-bond acceptors (Lipinski definition) is 6. The Labute approximate surface area is 156 Å². The van der Waals surface area contributed by atoms with Crippen molar-refractivity contribution in [1.82, 2.24) is 30.5 Å². The average molecular weight is 366 g/mol. The van der Waals surface area contributed by atoms with Gasteiger partial charge < -0.3 is 10.1 Å². The minimum absolute atomic E-state index is 0.0524. The maximum atomic E-state index is 12.6. The molecule has 0 saturated heterocycles. The van der Waals surface area contributed by atoms with E-state index in [-0.39, 0.29) is 11.8 Å². The molecule has 3 aromatic rings. The Morgan fingerprint density at radius 2 is 2.22 bits per heavy atom. The zero-order chi connectivity index (χ0) is 18.6. The molecule has 0 saturated carbocycles. The second-order valence-corrected chi connectivity index (χ2v) is 6.73. The van der Waals surface area contributed by atoms with Gasteiger partial charge in [-0.05, 0) is 42.3 Å². The lowest BCUT2D eigenvalue weighted by molar-refractivity contribution is -0.123. The Hall–Kier alpha value is -3.03. The minimum Gasteiger partial charge on any atom is -0.489 e. The van der Waals surface area contributed by atoms with E-state index in [9.17, 15) is 4.79 Å². The number of carbonyl (C=O) groups excluding carboxylic acids is 1. The number of para-hydroxylation sites is 1. The van der Waals surface area contributed by atoms with E-state index < -0.39 is 0 Å². The molecule has 1 aromatic carbocycles. The van der Waals surface area contributed by atoms with E-state index >= 15 is 0 Å². The van der Waals surface area contributed by atoms with Crippen LogP contribution < -0.4 is 10.1 Å². The van der Waals surface area contributed by atoms with E-state index in [0.29, 0.717) is 19.0 Å². The second kappa shape index (κ2) is 7.69. The number of pyridine rings is 1. The fraction of sp³-hybridized carbons (Fsp3) is 0.421. The third-order valence-electron chi connectivity index (χ3n) is 4.78. The number of tetrazole rings is 1. The van der Waals surface area contributed by atoms with Crippen LogP contribution in [0.3, 0.4) is 0 Å². The van der Waals surface area contributed by atoms with Crippen molar-refractivity contribution in [3.63, 3.8) is 0 Å². The predicted molar refractivity (Wildman–Crippen MR) is 99.4 cm³/mol. The lowest BCUT2D eigenvalue weighted by atomic mass is 10.0. The molecule has 8 nitrogen and oxygen atoms in total. The van der Waals surface area contributed by atoms with Gasteiger partial charge in [-0.15, -0.1) is 5.10 Å². The highest BCUT2D eigenvalue weighted by Gasteiger charge is 2.28. The lowest BCUT2D eigenvalue weighted by Gasteiger charge is -2.14. The van der Waals surface area contributed by atoms with Gasteiger partial charge in [-0.1, -0.05) is 24.6 Å². The van der Waals surface area contributed by atoms with E-state index in [1.165, 1.54) is 0 Å². The first-order valence-electron chi connectivity index (χ1n) is 9.25. The van der Waals surface area contributed by atoms with Gasteiger partial charge in [0.15, 0.2) is 5.82 Å². The molecule has 1 N–H and O–H groups in total. The van der Waals surface area contributed by atoms with Gasteiger partial charge in [0.05, 0.1) is 12.5 Å². The van der Waals surface area contributed by atoms with Crippen LogP contribution in [-0.4, -0.2) is 44.3 Å². The van der Waals surface area contributed by atoms with Crippen LogP contribution in [-0.2, 0) is 11.3 Å². The summed E-state index contributed by atoms with van der Waals surface area (Å²) in [6.45, 7) is 3.51. The van der Waals surface area contributed by atoms with Crippen LogP contribution in [0.2, 0.25) is 0 Å². The van der Waals surface area contributed by atoms with Crippen LogP contribution in [0.4, 0.5) is 0 Å². The van der Waals surface area contributed by atoms with Crippen LogP contribution in [0.5, 0.6) is 5.75 Å². The number of aryl methyl sites for hydroxylation is 2. The fourth-order valence-electron chi connectivity index (χ4n) is 3.40. The van der Waals surface area contributed by atoms with Crippen molar-refractivity contribution < 1.29 is 9.53 Å². The van der Waals surface area contributed by atoms with Crippen molar-refractivity contribution in [1.29, 1.82) is 0 Å². The molecule has 1 aliphatic rings. The van der Waals surface area contributed by atoms with Crippen LogP contribution >= 0.6 is 0 Å². The molecule has 1 atom stereocenters. The first kappa shape index (κ1) is 17.4. The summed E-state index contributed by atoms with van der Waals surface area (Å²) in [5.74, 6) is 1.02. The molecular weight excluding hydrogens is 344 g/mol. The van der Waals surface area contributed by atoms with Gasteiger partial charge in [0, 0.05) is 17.6 Å². The molecule has 27 heavy (non-hydrogen) atoms. The summed E-state index contributed by atoms with van der Waals surface area (Å²) in [5.41, 5.74) is 1.78. The normalized spacial score (nSPS) is 16.6. The first-order valence-corrected chi connectivity index (χ1v) is 9.25. The summed E-state index contributed by atoms with van der Waals surface area (Å²) in [7, 11) is 0. The predicted octanol–water partition coefficient (Wildman–Crippen LogP) is 1.99. The molecule has 8 heteroatoms. The molecule has 0 bridgehead atoms. The number of rotatable bonds is 5. The van der Waals surface area contributed by atoms with Gasteiger partial charge >= 0.3 is 0 Å². The number of fused-ring (bicyclic) bond motifs is 2. The Morgan fingerprint density at radius 1 is 1.30 bits per heavy atom. The van der Waals surface area contributed by atoms with Gasteiger partial charge in [-0.3, -0.25) is 4.79 Å². The molecule has 140 valence electrons. The van der Waals surface area contributed by atoms with Crippen molar-refractivity contribution >= 4 is 16.8 Å². The Bertz CT molecular complexity index is 954. The topological polar surface area (TPSA) is 94.8 Å². The Morgan fingerprint density at radius 3 is 3.15 bits per heavy atom. The molecule has 3 heterocycles. The summed E-state index contributed by atoms with van der Waals surface area (Å²) in [5, 5.41) is 15.7. The number of aromatic nitrogens is 5. The van der Waals surface area contributed by atoms with Gasteiger partial charge in [0.2, 0.25) is 5.91 Å². The first-order chi connectivity index (χ1) is 13.2.